The normalized spacial score (nSPS) is 13.9. The SMILES string of the molecule is CCC(C)NC(=O)C(C)n1nnc(C(=O)O)c1CN. The van der Waals surface area contributed by atoms with Gasteiger partial charge in [0, 0.05) is 12.6 Å². The van der Waals surface area contributed by atoms with Crippen molar-refractivity contribution < 1.29 is 14.7 Å². The predicted molar refractivity (Wildman–Crippen MR) is 67.5 cm³/mol. The Balaban J connectivity index is 2.96. The molecule has 0 spiro atoms. The number of aromatic nitrogens is 3. The van der Waals surface area contributed by atoms with Gasteiger partial charge in [-0.2, -0.15) is 0 Å². The van der Waals surface area contributed by atoms with E-state index in [2.05, 4.69) is 15.6 Å². The van der Waals surface area contributed by atoms with Crippen LogP contribution in [-0.2, 0) is 11.3 Å². The molecular weight excluding hydrogens is 250 g/mol. The predicted octanol–water partition coefficient (Wildman–Crippen LogP) is -0.0893. The van der Waals surface area contributed by atoms with Gasteiger partial charge in [-0.3, -0.25) is 4.79 Å². The summed E-state index contributed by atoms with van der Waals surface area (Å²) in [5, 5.41) is 19.0. The van der Waals surface area contributed by atoms with Crippen LogP contribution in [0.25, 0.3) is 0 Å². The number of carbonyl (C=O) groups is 2. The lowest BCUT2D eigenvalue weighted by atomic mass is 10.2. The molecule has 1 rings (SSSR count). The molecule has 0 saturated carbocycles. The van der Waals surface area contributed by atoms with Crippen LogP contribution in [0.15, 0.2) is 0 Å². The fourth-order valence-electron chi connectivity index (χ4n) is 1.56. The molecule has 1 aromatic rings. The van der Waals surface area contributed by atoms with E-state index < -0.39 is 12.0 Å². The minimum Gasteiger partial charge on any atom is -0.476 e. The van der Waals surface area contributed by atoms with Crippen LogP contribution in [0.3, 0.4) is 0 Å². The first-order chi connectivity index (χ1) is 8.92. The second kappa shape index (κ2) is 6.28. The smallest absolute Gasteiger partial charge is 0.358 e. The van der Waals surface area contributed by atoms with Crippen LogP contribution >= 0.6 is 0 Å². The third-order valence-corrected chi connectivity index (χ3v) is 2.93. The molecule has 2 atom stereocenters. The highest BCUT2D eigenvalue weighted by atomic mass is 16.4. The number of carbonyl (C=O) groups excluding carboxylic acids is 1. The third kappa shape index (κ3) is 3.28. The van der Waals surface area contributed by atoms with Gasteiger partial charge in [0.2, 0.25) is 5.91 Å². The Hall–Kier alpha value is -1.96. The zero-order chi connectivity index (χ0) is 14.6. The number of carboxylic acid groups (broad SMARTS) is 1. The molecule has 0 aliphatic rings. The van der Waals surface area contributed by atoms with Crippen LogP contribution in [0.5, 0.6) is 0 Å². The molecule has 1 aromatic heterocycles. The van der Waals surface area contributed by atoms with Gasteiger partial charge in [-0.05, 0) is 20.3 Å². The summed E-state index contributed by atoms with van der Waals surface area (Å²) in [6, 6.07) is -0.619. The summed E-state index contributed by atoms with van der Waals surface area (Å²) in [7, 11) is 0. The second-order valence-electron chi connectivity index (χ2n) is 4.33. The van der Waals surface area contributed by atoms with Crippen LogP contribution < -0.4 is 11.1 Å². The van der Waals surface area contributed by atoms with Crippen LogP contribution in [0.2, 0.25) is 0 Å². The molecule has 19 heavy (non-hydrogen) atoms. The fourth-order valence-corrected chi connectivity index (χ4v) is 1.56. The molecule has 0 aromatic carbocycles. The summed E-state index contributed by atoms with van der Waals surface area (Å²) in [6.45, 7) is 5.42. The van der Waals surface area contributed by atoms with Crippen molar-refractivity contribution >= 4 is 11.9 Å². The van der Waals surface area contributed by atoms with Crippen molar-refractivity contribution in [2.45, 2.75) is 45.8 Å². The van der Waals surface area contributed by atoms with E-state index in [1.165, 1.54) is 4.68 Å². The number of carboxylic acids is 1. The Kier molecular flexibility index (Phi) is 4.99. The average molecular weight is 269 g/mol. The van der Waals surface area contributed by atoms with Gasteiger partial charge in [0.25, 0.3) is 0 Å². The van der Waals surface area contributed by atoms with Crippen molar-refractivity contribution in [2.24, 2.45) is 5.73 Å². The molecule has 2 unspecified atom stereocenters. The maximum Gasteiger partial charge on any atom is 0.358 e. The van der Waals surface area contributed by atoms with Crippen molar-refractivity contribution in [2.75, 3.05) is 0 Å². The largest absolute Gasteiger partial charge is 0.476 e. The van der Waals surface area contributed by atoms with E-state index in [4.69, 9.17) is 10.8 Å². The number of nitrogens with two attached hydrogens (primary N) is 1. The maximum atomic E-state index is 12.0. The van der Waals surface area contributed by atoms with Gasteiger partial charge in [-0.1, -0.05) is 12.1 Å². The highest BCUT2D eigenvalue weighted by molar-refractivity contribution is 5.87. The number of nitrogens with one attached hydrogen (secondary N) is 1. The lowest BCUT2D eigenvalue weighted by Crippen LogP contribution is -2.37. The van der Waals surface area contributed by atoms with Crippen LogP contribution in [0, 0.1) is 0 Å². The Morgan fingerprint density at radius 3 is 2.58 bits per heavy atom. The number of nitrogens with zero attached hydrogens (tertiary/aromatic N) is 3. The molecule has 0 aliphatic carbocycles. The van der Waals surface area contributed by atoms with E-state index in [9.17, 15) is 9.59 Å². The van der Waals surface area contributed by atoms with Crippen molar-refractivity contribution in [3.05, 3.63) is 11.4 Å². The molecule has 0 fully saturated rings. The number of amides is 1. The van der Waals surface area contributed by atoms with E-state index in [0.29, 0.717) is 0 Å². The lowest BCUT2D eigenvalue weighted by Gasteiger charge is -2.17. The Morgan fingerprint density at radius 2 is 2.11 bits per heavy atom. The Labute approximate surface area is 111 Å². The van der Waals surface area contributed by atoms with E-state index in [-0.39, 0.29) is 29.9 Å². The average Bonchev–Trinajstić information content (AvgIpc) is 2.81. The topological polar surface area (TPSA) is 123 Å². The summed E-state index contributed by atoms with van der Waals surface area (Å²) in [5.74, 6) is -1.45. The van der Waals surface area contributed by atoms with Crippen LogP contribution in [0.4, 0.5) is 0 Å². The zero-order valence-electron chi connectivity index (χ0n) is 11.3. The maximum absolute atomic E-state index is 12.0. The molecule has 8 nitrogen and oxygen atoms in total. The minimum atomic E-state index is -1.21. The lowest BCUT2D eigenvalue weighted by molar-refractivity contribution is -0.124. The summed E-state index contributed by atoms with van der Waals surface area (Å²) in [6.07, 6.45) is 0.805. The first-order valence-electron chi connectivity index (χ1n) is 6.10. The Bertz CT molecular complexity index is 471. The van der Waals surface area contributed by atoms with Gasteiger partial charge in [0.15, 0.2) is 5.69 Å². The van der Waals surface area contributed by atoms with Gasteiger partial charge in [-0.15, -0.1) is 5.10 Å². The van der Waals surface area contributed by atoms with E-state index in [0.717, 1.165) is 6.42 Å². The number of hydrogen-bond acceptors (Lipinski definition) is 5. The minimum absolute atomic E-state index is 0.0405. The highest BCUT2D eigenvalue weighted by Gasteiger charge is 2.24. The molecule has 0 radical (unpaired) electrons. The summed E-state index contributed by atoms with van der Waals surface area (Å²) in [5.41, 5.74) is 5.52. The standard InChI is InChI=1S/C11H19N5O3/c1-4-6(2)13-10(17)7(3)16-8(5-12)9(11(18)19)14-15-16/h6-7H,4-5,12H2,1-3H3,(H,13,17)(H,18,19). The molecule has 1 amide bonds. The van der Waals surface area contributed by atoms with Gasteiger partial charge in [-0.25, -0.2) is 9.48 Å². The van der Waals surface area contributed by atoms with E-state index in [1.807, 2.05) is 13.8 Å². The fraction of sp³-hybridized carbons (Fsp3) is 0.636. The Morgan fingerprint density at radius 1 is 1.47 bits per heavy atom. The van der Waals surface area contributed by atoms with Crippen LogP contribution in [0.1, 0.15) is 49.4 Å². The molecule has 0 bridgehead atoms. The quantitative estimate of drug-likeness (QED) is 0.663. The van der Waals surface area contributed by atoms with Gasteiger partial charge >= 0.3 is 5.97 Å². The van der Waals surface area contributed by atoms with Crippen molar-refractivity contribution in [1.82, 2.24) is 20.3 Å². The van der Waals surface area contributed by atoms with E-state index in [1.54, 1.807) is 6.92 Å². The van der Waals surface area contributed by atoms with Crippen LogP contribution in [-0.4, -0.2) is 38.0 Å². The first kappa shape index (κ1) is 15.1. The van der Waals surface area contributed by atoms with Crippen molar-refractivity contribution in [1.29, 1.82) is 0 Å². The summed E-state index contributed by atoms with van der Waals surface area (Å²) in [4.78, 5) is 22.9. The van der Waals surface area contributed by atoms with E-state index >= 15 is 0 Å². The van der Waals surface area contributed by atoms with Gasteiger partial charge < -0.3 is 16.2 Å². The van der Waals surface area contributed by atoms with Crippen molar-refractivity contribution in [3.8, 4) is 0 Å². The van der Waals surface area contributed by atoms with Gasteiger partial charge in [0.1, 0.15) is 6.04 Å². The summed E-state index contributed by atoms with van der Waals surface area (Å²) >= 11 is 0. The molecule has 1 heterocycles. The molecule has 0 aliphatic heterocycles. The number of aromatic carboxylic acids is 1. The third-order valence-electron chi connectivity index (χ3n) is 2.93. The second-order valence-corrected chi connectivity index (χ2v) is 4.33. The molecule has 8 heteroatoms. The first-order valence-corrected chi connectivity index (χ1v) is 6.10. The molecular formula is C11H19N5O3. The molecule has 106 valence electrons. The zero-order valence-corrected chi connectivity index (χ0v) is 11.3. The molecule has 4 N–H and O–H groups in total. The molecule has 0 saturated heterocycles. The van der Waals surface area contributed by atoms with Crippen molar-refractivity contribution in [3.63, 3.8) is 0 Å². The highest BCUT2D eigenvalue weighted by Crippen LogP contribution is 2.12. The number of hydrogen-bond donors (Lipinski definition) is 3. The van der Waals surface area contributed by atoms with Gasteiger partial charge in [0.05, 0.1) is 5.69 Å². The summed E-state index contributed by atoms with van der Waals surface area (Å²) < 4.78 is 1.25. The monoisotopic (exact) mass is 269 g/mol. The number of rotatable bonds is 6.